The Hall–Kier alpha value is -1.31. The van der Waals surface area contributed by atoms with E-state index >= 15 is 0 Å². The zero-order chi connectivity index (χ0) is 11.5. The molecule has 1 aromatic carbocycles. The van der Waals surface area contributed by atoms with Crippen LogP contribution in [0.15, 0.2) is 22.7 Å². The minimum absolute atomic E-state index is 0.388. The molecular weight excluding hydrogens is 323 g/mol. The molecule has 84 valence electrons. The molecule has 0 bridgehead atoms. The van der Waals surface area contributed by atoms with Gasteiger partial charge in [0.2, 0.25) is 3.83 Å². The van der Waals surface area contributed by atoms with Gasteiger partial charge in [-0.1, -0.05) is 11.2 Å². The summed E-state index contributed by atoms with van der Waals surface area (Å²) in [6.45, 7) is 0. The lowest BCUT2D eigenvalue weighted by molar-refractivity contribution is 0.385. The Morgan fingerprint density at radius 1 is 1.19 bits per heavy atom. The van der Waals surface area contributed by atoms with Crippen molar-refractivity contribution in [3.8, 4) is 23.0 Å². The molecule has 0 unspecified atom stereocenters. The first-order chi connectivity index (χ1) is 7.76. The molecule has 0 fully saturated rings. The van der Waals surface area contributed by atoms with Crippen LogP contribution in [0.5, 0.6) is 11.5 Å². The average molecular weight is 332 g/mol. The van der Waals surface area contributed by atoms with Crippen LogP contribution in [0.3, 0.4) is 0 Å². The van der Waals surface area contributed by atoms with E-state index in [-0.39, 0.29) is 0 Å². The largest absolute Gasteiger partial charge is 0.496 e. The van der Waals surface area contributed by atoms with Gasteiger partial charge in [-0.2, -0.15) is 4.98 Å². The van der Waals surface area contributed by atoms with Crippen LogP contribution in [0.25, 0.3) is 11.5 Å². The molecule has 0 amide bonds. The van der Waals surface area contributed by atoms with Crippen molar-refractivity contribution in [1.82, 2.24) is 10.1 Å². The van der Waals surface area contributed by atoms with Crippen molar-refractivity contribution in [1.29, 1.82) is 0 Å². The van der Waals surface area contributed by atoms with E-state index in [0.29, 0.717) is 26.8 Å². The second-order valence-electron chi connectivity index (χ2n) is 2.91. The summed E-state index contributed by atoms with van der Waals surface area (Å²) in [5.41, 5.74) is 0.669. The van der Waals surface area contributed by atoms with Crippen LogP contribution in [-0.4, -0.2) is 24.4 Å². The Morgan fingerprint density at radius 3 is 2.25 bits per heavy atom. The number of rotatable bonds is 3. The zero-order valence-electron chi connectivity index (χ0n) is 8.73. The quantitative estimate of drug-likeness (QED) is 0.808. The molecule has 0 spiro atoms. The van der Waals surface area contributed by atoms with Gasteiger partial charge in [0.25, 0.3) is 5.89 Å². The van der Waals surface area contributed by atoms with Gasteiger partial charge in [0.1, 0.15) is 17.1 Å². The second kappa shape index (κ2) is 4.69. The molecule has 5 nitrogen and oxygen atoms in total. The number of benzene rings is 1. The summed E-state index contributed by atoms with van der Waals surface area (Å²) >= 11 is 1.98. The van der Waals surface area contributed by atoms with Crippen LogP contribution in [0.2, 0.25) is 0 Å². The van der Waals surface area contributed by atoms with Gasteiger partial charge in [-0.25, -0.2) is 0 Å². The lowest BCUT2D eigenvalue weighted by Crippen LogP contribution is -1.93. The Morgan fingerprint density at radius 2 is 1.81 bits per heavy atom. The van der Waals surface area contributed by atoms with Crippen molar-refractivity contribution in [3.05, 3.63) is 22.0 Å². The van der Waals surface area contributed by atoms with Gasteiger partial charge in [-0.3, -0.25) is 0 Å². The van der Waals surface area contributed by atoms with Gasteiger partial charge in [0, 0.05) is 22.6 Å². The van der Waals surface area contributed by atoms with E-state index in [1.807, 2.05) is 40.8 Å². The lowest BCUT2D eigenvalue weighted by Gasteiger charge is -2.08. The third kappa shape index (κ3) is 1.97. The summed E-state index contributed by atoms with van der Waals surface area (Å²) in [5, 5.41) is 3.73. The lowest BCUT2D eigenvalue weighted by atomic mass is 10.1. The molecule has 1 aromatic heterocycles. The van der Waals surface area contributed by atoms with Crippen LogP contribution in [0.4, 0.5) is 0 Å². The van der Waals surface area contributed by atoms with Crippen LogP contribution >= 0.6 is 22.6 Å². The van der Waals surface area contributed by atoms with Crippen LogP contribution < -0.4 is 9.47 Å². The molecule has 0 radical (unpaired) electrons. The summed E-state index contributed by atoms with van der Waals surface area (Å²) < 4.78 is 16.1. The van der Waals surface area contributed by atoms with E-state index < -0.39 is 0 Å². The Kier molecular flexibility index (Phi) is 3.28. The fraction of sp³-hybridized carbons (Fsp3) is 0.200. The first-order valence-corrected chi connectivity index (χ1v) is 5.54. The molecular formula is C10H9IN2O3. The Bertz CT molecular complexity index is 476. The van der Waals surface area contributed by atoms with Crippen molar-refractivity contribution < 1.29 is 14.0 Å². The molecule has 2 rings (SSSR count). The minimum Gasteiger partial charge on any atom is -0.496 e. The number of hydrogen-bond acceptors (Lipinski definition) is 5. The molecule has 0 N–H and O–H groups in total. The molecule has 0 saturated carbocycles. The molecule has 2 aromatic rings. The van der Waals surface area contributed by atoms with Crippen LogP contribution in [0, 0.1) is 3.83 Å². The average Bonchev–Trinajstić information content (AvgIpc) is 2.74. The van der Waals surface area contributed by atoms with Gasteiger partial charge >= 0.3 is 0 Å². The van der Waals surface area contributed by atoms with Gasteiger partial charge in [-0.15, -0.1) is 0 Å². The van der Waals surface area contributed by atoms with E-state index in [2.05, 4.69) is 10.1 Å². The SMILES string of the molecule is COc1cccc(OC)c1-c1nc(I)no1. The number of aromatic nitrogens is 2. The maximum Gasteiger partial charge on any atom is 0.266 e. The summed E-state index contributed by atoms with van der Waals surface area (Å²) in [5.74, 6) is 1.66. The van der Waals surface area contributed by atoms with Gasteiger partial charge in [0.05, 0.1) is 14.2 Å². The van der Waals surface area contributed by atoms with E-state index in [1.54, 1.807) is 14.2 Å². The number of ether oxygens (including phenoxy) is 2. The zero-order valence-corrected chi connectivity index (χ0v) is 10.9. The van der Waals surface area contributed by atoms with Crippen molar-refractivity contribution in [3.63, 3.8) is 0 Å². The van der Waals surface area contributed by atoms with Crippen LogP contribution in [0.1, 0.15) is 0 Å². The van der Waals surface area contributed by atoms with Crippen molar-refractivity contribution in [2.24, 2.45) is 0 Å². The molecule has 0 aliphatic rings. The molecule has 1 heterocycles. The molecule has 0 aliphatic carbocycles. The second-order valence-corrected chi connectivity index (χ2v) is 3.87. The standard InChI is InChI=1S/C10H9IN2O3/c1-14-6-4-3-5-7(15-2)8(6)9-12-10(11)13-16-9/h3-5H,1-2H3. The van der Waals surface area contributed by atoms with Crippen molar-refractivity contribution in [2.75, 3.05) is 14.2 Å². The third-order valence-electron chi connectivity index (χ3n) is 2.04. The van der Waals surface area contributed by atoms with E-state index in [4.69, 9.17) is 14.0 Å². The van der Waals surface area contributed by atoms with Crippen molar-refractivity contribution >= 4 is 22.6 Å². The number of nitrogens with zero attached hydrogens (tertiary/aromatic N) is 2. The highest BCUT2D eigenvalue weighted by atomic mass is 127. The first kappa shape index (κ1) is 11.2. The van der Waals surface area contributed by atoms with Gasteiger partial charge in [0.15, 0.2) is 0 Å². The topological polar surface area (TPSA) is 57.4 Å². The van der Waals surface area contributed by atoms with E-state index in [0.717, 1.165) is 0 Å². The fourth-order valence-electron chi connectivity index (χ4n) is 1.37. The Balaban J connectivity index is 2.60. The molecule has 0 atom stereocenters. The first-order valence-electron chi connectivity index (χ1n) is 4.47. The predicted octanol–water partition coefficient (Wildman–Crippen LogP) is 2.36. The summed E-state index contributed by atoms with van der Waals surface area (Å²) in [6.07, 6.45) is 0. The minimum atomic E-state index is 0.388. The van der Waals surface area contributed by atoms with Gasteiger partial charge in [-0.05, 0) is 12.1 Å². The molecule has 6 heteroatoms. The number of methoxy groups -OCH3 is 2. The maximum absolute atomic E-state index is 5.24. The van der Waals surface area contributed by atoms with E-state index in [1.165, 1.54) is 0 Å². The highest BCUT2D eigenvalue weighted by Gasteiger charge is 2.18. The van der Waals surface area contributed by atoms with E-state index in [9.17, 15) is 0 Å². The Labute approximate surface area is 106 Å². The number of hydrogen-bond donors (Lipinski definition) is 0. The number of halogens is 1. The normalized spacial score (nSPS) is 10.2. The van der Waals surface area contributed by atoms with Crippen molar-refractivity contribution in [2.45, 2.75) is 0 Å². The molecule has 0 aliphatic heterocycles. The fourth-order valence-corrected chi connectivity index (χ4v) is 1.69. The predicted molar refractivity (Wildman–Crippen MR) is 65.6 cm³/mol. The highest BCUT2D eigenvalue weighted by molar-refractivity contribution is 14.1. The molecule has 16 heavy (non-hydrogen) atoms. The van der Waals surface area contributed by atoms with Gasteiger partial charge < -0.3 is 14.0 Å². The maximum atomic E-state index is 5.24. The highest BCUT2D eigenvalue weighted by Crippen LogP contribution is 2.37. The summed E-state index contributed by atoms with van der Waals surface area (Å²) in [7, 11) is 3.17. The van der Waals surface area contributed by atoms with Crippen LogP contribution in [-0.2, 0) is 0 Å². The smallest absolute Gasteiger partial charge is 0.266 e. The summed E-state index contributed by atoms with van der Waals surface area (Å²) in [4.78, 5) is 4.15. The monoisotopic (exact) mass is 332 g/mol. The summed E-state index contributed by atoms with van der Waals surface area (Å²) in [6, 6.07) is 5.46. The third-order valence-corrected chi connectivity index (χ3v) is 2.48. The molecule has 0 saturated heterocycles.